The quantitative estimate of drug-likeness (QED) is 0.671. The number of benzene rings is 2. The van der Waals surface area contributed by atoms with Crippen molar-refractivity contribution in [3.63, 3.8) is 0 Å². The number of hydrogen-bond donors (Lipinski definition) is 2. The van der Waals surface area contributed by atoms with E-state index in [0.717, 1.165) is 24.1 Å². The Kier molecular flexibility index (Phi) is 4.73. The number of ether oxygens (including phenoxy) is 2. The monoisotopic (exact) mass is 383 g/mol. The van der Waals surface area contributed by atoms with E-state index in [9.17, 15) is 4.79 Å². The topological polar surface area (TPSA) is 76.2 Å². The van der Waals surface area contributed by atoms with Crippen LogP contribution in [0.2, 0.25) is 5.02 Å². The van der Waals surface area contributed by atoms with Gasteiger partial charge in [0.25, 0.3) is 5.91 Å². The summed E-state index contributed by atoms with van der Waals surface area (Å²) in [4.78, 5) is 12.8. The molecule has 4 rings (SSSR count). The molecule has 0 unspecified atom stereocenters. The number of fused-ring (bicyclic) bond motifs is 1. The Morgan fingerprint density at radius 1 is 1.22 bits per heavy atom. The number of nitrogens with zero attached hydrogens (tertiary/aromatic N) is 1. The van der Waals surface area contributed by atoms with E-state index in [2.05, 4.69) is 22.4 Å². The van der Waals surface area contributed by atoms with Crippen molar-refractivity contribution in [1.29, 1.82) is 0 Å². The highest BCUT2D eigenvalue weighted by molar-refractivity contribution is 6.30. The molecule has 2 heterocycles. The number of aryl methyl sites for hydroxylation is 1. The Morgan fingerprint density at radius 2 is 2.07 bits per heavy atom. The molecule has 0 aliphatic carbocycles. The highest BCUT2D eigenvalue weighted by Crippen LogP contribution is 2.34. The molecular formula is C20H18ClN3O3. The van der Waals surface area contributed by atoms with Gasteiger partial charge in [-0.2, -0.15) is 5.10 Å². The molecule has 0 bridgehead atoms. The summed E-state index contributed by atoms with van der Waals surface area (Å²) in [6.07, 6.45) is 1.69. The molecule has 7 heteroatoms. The van der Waals surface area contributed by atoms with Gasteiger partial charge < -0.3 is 14.8 Å². The van der Waals surface area contributed by atoms with Crippen LogP contribution in [0.25, 0.3) is 11.3 Å². The third-order valence-corrected chi connectivity index (χ3v) is 4.55. The fourth-order valence-corrected chi connectivity index (χ4v) is 3.20. The molecule has 0 radical (unpaired) electrons. The largest absolute Gasteiger partial charge is 0.454 e. The second-order valence-electron chi connectivity index (χ2n) is 6.21. The minimum absolute atomic E-state index is 0.168. The van der Waals surface area contributed by atoms with E-state index in [1.165, 1.54) is 0 Å². The lowest BCUT2D eigenvalue weighted by atomic mass is 10.1. The number of nitrogens with one attached hydrogen (secondary N) is 2. The summed E-state index contributed by atoms with van der Waals surface area (Å²) in [6, 6.07) is 12.5. The van der Waals surface area contributed by atoms with Crippen molar-refractivity contribution in [2.45, 2.75) is 19.8 Å². The van der Waals surface area contributed by atoms with Crippen molar-refractivity contribution in [3.05, 3.63) is 58.7 Å². The number of halogens is 1. The van der Waals surface area contributed by atoms with Gasteiger partial charge >= 0.3 is 0 Å². The summed E-state index contributed by atoms with van der Waals surface area (Å²) in [7, 11) is 0. The lowest BCUT2D eigenvalue weighted by Crippen LogP contribution is -2.13. The molecular weight excluding hydrogens is 366 g/mol. The maximum atomic E-state index is 12.8. The Hall–Kier alpha value is -2.99. The zero-order chi connectivity index (χ0) is 18.8. The molecule has 0 atom stereocenters. The Bertz CT molecular complexity index is 1000. The first-order chi connectivity index (χ1) is 13.2. The SMILES string of the molecule is CCCc1[nH]nc(-c2cccc(Cl)c2)c1NC(=O)c1ccc2c(c1)OCO2. The van der Waals surface area contributed by atoms with Gasteiger partial charge in [-0.1, -0.05) is 37.1 Å². The van der Waals surface area contributed by atoms with E-state index in [1.807, 2.05) is 18.2 Å². The van der Waals surface area contributed by atoms with E-state index >= 15 is 0 Å². The van der Waals surface area contributed by atoms with Crippen molar-refractivity contribution in [3.8, 4) is 22.8 Å². The van der Waals surface area contributed by atoms with Crippen molar-refractivity contribution in [1.82, 2.24) is 10.2 Å². The molecule has 1 aliphatic heterocycles. The van der Waals surface area contributed by atoms with Gasteiger partial charge in [0.1, 0.15) is 5.69 Å². The number of amides is 1. The molecule has 1 aromatic heterocycles. The number of H-pyrrole nitrogens is 1. The number of carbonyl (C=O) groups is 1. The van der Waals surface area contributed by atoms with Gasteiger partial charge in [-0.05, 0) is 36.8 Å². The zero-order valence-corrected chi connectivity index (χ0v) is 15.5. The minimum atomic E-state index is -0.240. The van der Waals surface area contributed by atoms with Gasteiger partial charge in [0.15, 0.2) is 11.5 Å². The van der Waals surface area contributed by atoms with Crippen molar-refractivity contribution >= 4 is 23.2 Å². The maximum Gasteiger partial charge on any atom is 0.255 e. The average Bonchev–Trinajstić information content (AvgIpc) is 3.28. The van der Waals surface area contributed by atoms with E-state index in [0.29, 0.717) is 33.5 Å². The molecule has 1 amide bonds. The lowest BCUT2D eigenvalue weighted by Gasteiger charge is -2.09. The first-order valence-corrected chi connectivity index (χ1v) is 9.07. The summed E-state index contributed by atoms with van der Waals surface area (Å²) in [5, 5.41) is 11.1. The van der Waals surface area contributed by atoms with Gasteiger partial charge in [0.2, 0.25) is 6.79 Å². The van der Waals surface area contributed by atoms with Crippen LogP contribution >= 0.6 is 11.6 Å². The van der Waals surface area contributed by atoms with Crippen molar-refractivity contribution in [2.75, 3.05) is 12.1 Å². The summed E-state index contributed by atoms with van der Waals surface area (Å²) in [5.74, 6) is 0.968. The lowest BCUT2D eigenvalue weighted by molar-refractivity contribution is 0.102. The van der Waals surface area contributed by atoms with Gasteiger partial charge in [-0.3, -0.25) is 9.89 Å². The number of anilines is 1. The number of aromatic nitrogens is 2. The molecule has 6 nitrogen and oxygen atoms in total. The smallest absolute Gasteiger partial charge is 0.255 e. The highest BCUT2D eigenvalue weighted by Gasteiger charge is 2.20. The highest BCUT2D eigenvalue weighted by atomic mass is 35.5. The molecule has 138 valence electrons. The van der Waals surface area contributed by atoms with Crippen LogP contribution in [0.4, 0.5) is 5.69 Å². The number of hydrogen-bond acceptors (Lipinski definition) is 4. The summed E-state index contributed by atoms with van der Waals surface area (Å²) in [5.41, 5.74) is 3.53. The van der Waals surface area contributed by atoms with Crippen LogP contribution < -0.4 is 14.8 Å². The second-order valence-corrected chi connectivity index (χ2v) is 6.64. The summed E-state index contributed by atoms with van der Waals surface area (Å²) in [6.45, 7) is 2.24. The summed E-state index contributed by atoms with van der Waals surface area (Å²) >= 11 is 6.12. The van der Waals surface area contributed by atoms with Gasteiger partial charge in [0, 0.05) is 16.1 Å². The predicted molar refractivity (Wildman–Crippen MR) is 104 cm³/mol. The number of carbonyl (C=O) groups excluding carboxylic acids is 1. The normalized spacial score (nSPS) is 12.2. The first kappa shape index (κ1) is 17.4. The average molecular weight is 384 g/mol. The van der Waals surface area contributed by atoms with Gasteiger partial charge in [-0.25, -0.2) is 0 Å². The molecule has 2 aromatic carbocycles. The van der Waals surface area contributed by atoms with Crippen LogP contribution in [0.15, 0.2) is 42.5 Å². The number of rotatable bonds is 5. The number of aromatic amines is 1. The van der Waals surface area contributed by atoms with Gasteiger partial charge in [0.05, 0.1) is 11.4 Å². The molecule has 2 N–H and O–H groups in total. The van der Waals surface area contributed by atoms with Crippen LogP contribution in [0.5, 0.6) is 11.5 Å². The molecule has 0 fully saturated rings. The second kappa shape index (κ2) is 7.32. The molecule has 0 saturated carbocycles. The van der Waals surface area contributed by atoms with E-state index < -0.39 is 0 Å². The van der Waals surface area contributed by atoms with Crippen LogP contribution in [-0.2, 0) is 6.42 Å². The van der Waals surface area contributed by atoms with Crippen LogP contribution in [0.3, 0.4) is 0 Å². The third kappa shape index (κ3) is 3.48. The van der Waals surface area contributed by atoms with Crippen molar-refractivity contribution < 1.29 is 14.3 Å². The van der Waals surface area contributed by atoms with Crippen LogP contribution in [-0.4, -0.2) is 22.9 Å². The van der Waals surface area contributed by atoms with E-state index in [4.69, 9.17) is 21.1 Å². The van der Waals surface area contributed by atoms with E-state index in [-0.39, 0.29) is 12.7 Å². The Balaban J connectivity index is 1.67. The maximum absolute atomic E-state index is 12.8. The molecule has 27 heavy (non-hydrogen) atoms. The standard InChI is InChI=1S/C20H18ClN3O3/c1-2-4-15-19(18(24-23-15)12-5-3-6-14(21)9-12)22-20(25)13-7-8-16-17(10-13)27-11-26-16/h3,5-10H,2,4,11H2,1H3,(H,22,25)(H,23,24). The van der Waals surface area contributed by atoms with Gasteiger partial charge in [-0.15, -0.1) is 0 Å². The third-order valence-electron chi connectivity index (χ3n) is 4.31. The fourth-order valence-electron chi connectivity index (χ4n) is 3.01. The van der Waals surface area contributed by atoms with E-state index in [1.54, 1.807) is 24.3 Å². The first-order valence-electron chi connectivity index (χ1n) is 8.70. The molecule has 3 aromatic rings. The zero-order valence-electron chi connectivity index (χ0n) is 14.7. The Morgan fingerprint density at radius 3 is 2.89 bits per heavy atom. The predicted octanol–water partition coefficient (Wildman–Crippen LogP) is 4.66. The Labute approximate surface area is 161 Å². The fraction of sp³-hybridized carbons (Fsp3) is 0.200. The molecule has 0 spiro atoms. The van der Waals surface area contributed by atoms with Crippen LogP contribution in [0, 0.1) is 0 Å². The molecule has 0 saturated heterocycles. The molecule has 1 aliphatic rings. The van der Waals surface area contributed by atoms with Crippen LogP contribution in [0.1, 0.15) is 29.4 Å². The summed E-state index contributed by atoms with van der Waals surface area (Å²) < 4.78 is 10.7. The van der Waals surface area contributed by atoms with Crippen molar-refractivity contribution in [2.24, 2.45) is 0 Å². The minimum Gasteiger partial charge on any atom is -0.454 e.